The van der Waals surface area contributed by atoms with E-state index in [1.54, 1.807) is 20.8 Å². The number of nitrogens with one attached hydrogen (secondary N) is 3. The van der Waals surface area contributed by atoms with E-state index in [1.165, 1.54) is 0 Å². The number of rotatable bonds is 12. The molecule has 0 saturated carbocycles. The molecule has 0 saturated heterocycles. The molecule has 2 atom stereocenters. The van der Waals surface area contributed by atoms with Crippen LogP contribution in [0.4, 0.5) is 0 Å². The Labute approximate surface area is 184 Å². The second-order valence-corrected chi connectivity index (χ2v) is 8.79. The van der Waals surface area contributed by atoms with E-state index in [-0.39, 0.29) is 12.5 Å². The van der Waals surface area contributed by atoms with Gasteiger partial charge in [0.15, 0.2) is 0 Å². The summed E-state index contributed by atoms with van der Waals surface area (Å²) in [5, 5.41) is 8.68. The number of carboxylic acid groups (broad SMARTS) is 1. The summed E-state index contributed by atoms with van der Waals surface area (Å²) in [6, 6.07) is 9.69. The molecule has 8 nitrogen and oxygen atoms in total. The van der Waals surface area contributed by atoms with Gasteiger partial charge in [-0.05, 0) is 45.1 Å². The van der Waals surface area contributed by atoms with Crippen LogP contribution < -0.4 is 16.4 Å². The zero-order valence-electron chi connectivity index (χ0n) is 19.0. The third-order valence-electron chi connectivity index (χ3n) is 4.27. The molecule has 1 aromatic carbocycles. The number of carboxylic acids is 1. The van der Waals surface area contributed by atoms with Gasteiger partial charge >= 0.3 is 11.9 Å². The van der Waals surface area contributed by atoms with Crippen LogP contribution in [0.3, 0.4) is 0 Å². The molecule has 1 rings (SSSR count). The van der Waals surface area contributed by atoms with Gasteiger partial charge in [-0.2, -0.15) is 5.53 Å². The van der Waals surface area contributed by atoms with Crippen LogP contribution in [0.5, 0.6) is 0 Å². The standard InChI is InChI=1S/C23H35N3O5/c1-16(2)14-19(21(29)25-26-24-15-20(27)28)18(22(30)31-23(3,4)5)13-9-12-17-10-7-6-8-11-17/h6-12,16,18-19,24,26H,13-15H2,1-5H3,(H,25,29)(H,27,28)/b12-9+/t18-,19+/m0/s1. The van der Waals surface area contributed by atoms with Gasteiger partial charge in [0.25, 0.3) is 0 Å². The van der Waals surface area contributed by atoms with Crippen molar-refractivity contribution in [3.05, 3.63) is 42.0 Å². The van der Waals surface area contributed by atoms with Crippen molar-refractivity contribution in [1.29, 1.82) is 0 Å². The Morgan fingerprint density at radius 3 is 2.29 bits per heavy atom. The largest absolute Gasteiger partial charge is 0.480 e. The molecule has 1 amide bonds. The predicted octanol–water partition coefficient (Wildman–Crippen LogP) is 2.92. The lowest BCUT2D eigenvalue weighted by atomic mass is 9.82. The first-order valence-electron chi connectivity index (χ1n) is 10.4. The number of hydrogen-bond donors (Lipinski definition) is 4. The summed E-state index contributed by atoms with van der Waals surface area (Å²) in [6.07, 6.45) is 4.59. The number of hydrogen-bond acceptors (Lipinski definition) is 6. The summed E-state index contributed by atoms with van der Waals surface area (Å²) >= 11 is 0. The fourth-order valence-corrected chi connectivity index (χ4v) is 3.00. The van der Waals surface area contributed by atoms with E-state index in [0.717, 1.165) is 5.56 Å². The summed E-state index contributed by atoms with van der Waals surface area (Å²) in [4.78, 5) is 36.5. The van der Waals surface area contributed by atoms with Crippen LogP contribution >= 0.6 is 0 Å². The fourth-order valence-electron chi connectivity index (χ4n) is 3.00. The minimum atomic E-state index is -1.07. The average Bonchev–Trinajstić information content (AvgIpc) is 2.66. The molecule has 8 heteroatoms. The Morgan fingerprint density at radius 1 is 1.10 bits per heavy atom. The van der Waals surface area contributed by atoms with E-state index in [0.29, 0.717) is 12.8 Å². The SMILES string of the molecule is CC(C)C[C@@H](C(=O)NNNCC(=O)O)[C@H](C/C=C/c1ccccc1)C(=O)OC(C)(C)C. The van der Waals surface area contributed by atoms with Crippen molar-refractivity contribution in [2.24, 2.45) is 17.8 Å². The fraction of sp³-hybridized carbons (Fsp3) is 0.522. The average molecular weight is 434 g/mol. The van der Waals surface area contributed by atoms with Crippen LogP contribution in [-0.4, -0.2) is 35.1 Å². The molecule has 0 heterocycles. The van der Waals surface area contributed by atoms with E-state index in [1.807, 2.05) is 56.3 Å². The number of hydrazine groups is 2. The van der Waals surface area contributed by atoms with Crippen LogP contribution in [-0.2, 0) is 19.1 Å². The van der Waals surface area contributed by atoms with E-state index in [2.05, 4.69) is 16.4 Å². The van der Waals surface area contributed by atoms with Gasteiger partial charge in [0.05, 0.1) is 11.8 Å². The molecule has 172 valence electrons. The van der Waals surface area contributed by atoms with Crippen LogP contribution in [0.15, 0.2) is 36.4 Å². The second-order valence-electron chi connectivity index (χ2n) is 8.79. The maximum atomic E-state index is 13.0. The summed E-state index contributed by atoms with van der Waals surface area (Å²) in [6.45, 7) is 8.94. The maximum absolute atomic E-state index is 13.0. The monoisotopic (exact) mass is 433 g/mol. The van der Waals surface area contributed by atoms with Gasteiger partial charge < -0.3 is 9.84 Å². The molecule has 4 N–H and O–H groups in total. The minimum absolute atomic E-state index is 0.158. The van der Waals surface area contributed by atoms with Gasteiger partial charge in [-0.3, -0.25) is 19.8 Å². The zero-order chi connectivity index (χ0) is 23.4. The molecule has 0 bridgehead atoms. The van der Waals surface area contributed by atoms with Crippen LogP contribution in [0, 0.1) is 17.8 Å². The van der Waals surface area contributed by atoms with Crippen molar-refractivity contribution in [1.82, 2.24) is 16.4 Å². The van der Waals surface area contributed by atoms with Gasteiger partial charge in [-0.15, -0.1) is 0 Å². The second kappa shape index (κ2) is 12.9. The summed E-state index contributed by atoms with van der Waals surface area (Å²) in [5.41, 5.74) is 7.54. The molecule has 0 unspecified atom stereocenters. The Bertz CT molecular complexity index is 741. The van der Waals surface area contributed by atoms with E-state index >= 15 is 0 Å². The first kappa shape index (κ1) is 26.3. The molecule has 0 aliphatic heterocycles. The normalized spacial score (nSPS) is 13.7. The Balaban J connectivity index is 3.02. The highest BCUT2D eigenvalue weighted by Crippen LogP contribution is 2.28. The highest BCUT2D eigenvalue weighted by atomic mass is 16.6. The number of aliphatic carboxylic acids is 1. The molecular weight excluding hydrogens is 398 g/mol. The van der Waals surface area contributed by atoms with Gasteiger partial charge in [-0.1, -0.05) is 56.3 Å². The molecule has 0 fully saturated rings. The number of allylic oxidation sites excluding steroid dienone is 1. The van der Waals surface area contributed by atoms with Gasteiger partial charge in [0.2, 0.25) is 5.91 Å². The van der Waals surface area contributed by atoms with E-state index < -0.39 is 35.3 Å². The van der Waals surface area contributed by atoms with Crippen molar-refractivity contribution < 1.29 is 24.2 Å². The molecule has 0 spiro atoms. The molecule has 1 aromatic rings. The number of carbonyl (C=O) groups excluding carboxylic acids is 2. The highest BCUT2D eigenvalue weighted by molar-refractivity contribution is 5.85. The predicted molar refractivity (Wildman–Crippen MR) is 119 cm³/mol. The van der Waals surface area contributed by atoms with Gasteiger partial charge in [0, 0.05) is 0 Å². The lowest BCUT2D eigenvalue weighted by Gasteiger charge is -2.29. The Hall–Kier alpha value is -2.71. The lowest BCUT2D eigenvalue weighted by Crippen LogP contribution is -2.52. The number of amides is 1. The quantitative estimate of drug-likeness (QED) is 0.227. The first-order chi connectivity index (χ1) is 14.5. The van der Waals surface area contributed by atoms with E-state index in [4.69, 9.17) is 9.84 Å². The van der Waals surface area contributed by atoms with Crippen LogP contribution in [0.1, 0.15) is 53.0 Å². The van der Waals surface area contributed by atoms with E-state index in [9.17, 15) is 14.4 Å². The van der Waals surface area contributed by atoms with Crippen LogP contribution in [0.25, 0.3) is 6.08 Å². The minimum Gasteiger partial charge on any atom is -0.480 e. The van der Waals surface area contributed by atoms with Crippen molar-refractivity contribution in [2.75, 3.05) is 6.54 Å². The number of esters is 1. The highest BCUT2D eigenvalue weighted by Gasteiger charge is 2.36. The molecule has 0 aliphatic rings. The third-order valence-corrected chi connectivity index (χ3v) is 4.27. The van der Waals surface area contributed by atoms with Crippen molar-refractivity contribution in [3.8, 4) is 0 Å². The van der Waals surface area contributed by atoms with Gasteiger partial charge in [-0.25, -0.2) is 5.43 Å². The maximum Gasteiger partial charge on any atom is 0.318 e. The molecule has 0 aromatic heterocycles. The third kappa shape index (κ3) is 11.3. The number of benzene rings is 1. The van der Waals surface area contributed by atoms with Crippen molar-refractivity contribution in [2.45, 2.75) is 53.1 Å². The molecule has 0 aliphatic carbocycles. The smallest absolute Gasteiger partial charge is 0.318 e. The van der Waals surface area contributed by atoms with Crippen molar-refractivity contribution in [3.63, 3.8) is 0 Å². The molecular formula is C23H35N3O5. The number of ether oxygens (including phenoxy) is 1. The lowest BCUT2D eigenvalue weighted by molar-refractivity contribution is -0.164. The molecule has 0 radical (unpaired) electrons. The summed E-state index contributed by atoms with van der Waals surface area (Å²) in [5.74, 6) is -3.11. The Morgan fingerprint density at radius 2 is 1.74 bits per heavy atom. The Kier molecular flexibility index (Phi) is 10.9. The summed E-state index contributed by atoms with van der Waals surface area (Å²) < 4.78 is 5.61. The van der Waals surface area contributed by atoms with Crippen molar-refractivity contribution >= 4 is 23.9 Å². The zero-order valence-corrected chi connectivity index (χ0v) is 19.0. The topological polar surface area (TPSA) is 117 Å². The number of carbonyl (C=O) groups is 3. The first-order valence-corrected chi connectivity index (χ1v) is 10.4. The van der Waals surface area contributed by atoms with Gasteiger partial charge in [0.1, 0.15) is 12.1 Å². The van der Waals surface area contributed by atoms with Crippen LogP contribution in [0.2, 0.25) is 0 Å². The molecule has 31 heavy (non-hydrogen) atoms. The summed E-state index contributed by atoms with van der Waals surface area (Å²) in [7, 11) is 0.